The van der Waals surface area contributed by atoms with E-state index in [-0.39, 0.29) is 18.4 Å². The first-order chi connectivity index (χ1) is 9.25. The fourth-order valence-corrected chi connectivity index (χ4v) is 2.54. The average molecular weight is 257 g/mol. The summed E-state index contributed by atoms with van der Waals surface area (Å²) in [6.07, 6.45) is 1.19. The molecule has 0 spiro atoms. The third-order valence-electron chi connectivity index (χ3n) is 3.38. The molecule has 2 unspecified atom stereocenters. The second-order valence-corrected chi connectivity index (χ2v) is 4.73. The highest BCUT2D eigenvalue weighted by Gasteiger charge is 2.36. The Morgan fingerprint density at radius 1 is 1.21 bits per heavy atom. The molecule has 1 aromatic heterocycles. The van der Waals surface area contributed by atoms with Gasteiger partial charge >= 0.3 is 0 Å². The van der Waals surface area contributed by atoms with Crippen LogP contribution in [0.2, 0.25) is 0 Å². The van der Waals surface area contributed by atoms with E-state index in [0.29, 0.717) is 12.3 Å². The first kappa shape index (κ1) is 12.0. The minimum Gasteiger partial charge on any atom is -0.467 e. The van der Waals surface area contributed by atoms with E-state index in [4.69, 9.17) is 4.42 Å². The van der Waals surface area contributed by atoms with Crippen molar-refractivity contribution in [3.8, 4) is 0 Å². The number of aliphatic hydroxyl groups is 1. The molecule has 2 atom stereocenters. The van der Waals surface area contributed by atoms with E-state index in [1.807, 2.05) is 42.5 Å². The number of rotatable bonds is 3. The van der Waals surface area contributed by atoms with Crippen LogP contribution < -0.4 is 0 Å². The molecule has 19 heavy (non-hydrogen) atoms. The van der Waals surface area contributed by atoms with Crippen LogP contribution in [0.25, 0.3) is 0 Å². The molecular formula is C15H15NO3. The second-order valence-electron chi connectivity index (χ2n) is 4.73. The molecule has 98 valence electrons. The van der Waals surface area contributed by atoms with Crippen molar-refractivity contribution in [1.29, 1.82) is 0 Å². The minimum atomic E-state index is -0.589. The molecule has 1 saturated heterocycles. The van der Waals surface area contributed by atoms with Gasteiger partial charge in [-0.1, -0.05) is 30.3 Å². The van der Waals surface area contributed by atoms with E-state index >= 15 is 0 Å². The molecule has 1 aliphatic heterocycles. The van der Waals surface area contributed by atoms with Crippen molar-refractivity contribution in [1.82, 2.24) is 4.90 Å². The van der Waals surface area contributed by atoms with Crippen LogP contribution >= 0.6 is 0 Å². The van der Waals surface area contributed by atoms with Crippen molar-refractivity contribution in [3.05, 3.63) is 60.1 Å². The van der Waals surface area contributed by atoms with Crippen LogP contribution in [0.3, 0.4) is 0 Å². The van der Waals surface area contributed by atoms with Gasteiger partial charge in [0.05, 0.1) is 18.8 Å². The molecule has 1 fully saturated rings. The third kappa shape index (κ3) is 2.27. The largest absolute Gasteiger partial charge is 0.467 e. The lowest BCUT2D eigenvalue weighted by molar-refractivity contribution is -0.129. The minimum absolute atomic E-state index is 0.0437. The number of benzene rings is 1. The number of nitrogens with zero attached hydrogens (tertiary/aromatic N) is 1. The Labute approximate surface area is 111 Å². The van der Waals surface area contributed by atoms with Crippen LogP contribution in [0, 0.1) is 0 Å². The molecule has 0 bridgehead atoms. The summed E-state index contributed by atoms with van der Waals surface area (Å²) in [5.74, 6) is 0.673. The van der Waals surface area contributed by atoms with Gasteiger partial charge in [-0.05, 0) is 17.7 Å². The van der Waals surface area contributed by atoms with Gasteiger partial charge in [0, 0.05) is 6.54 Å². The SMILES string of the molecule is O=C1CC(O)CN1C(c1ccccc1)c1ccco1. The Bertz CT molecular complexity index is 550. The summed E-state index contributed by atoms with van der Waals surface area (Å²) in [6, 6.07) is 13.1. The second kappa shape index (κ2) is 4.90. The quantitative estimate of drug-likeness (QED) is 0.914. The van der Waals surface area contributed by atoms with E-state index in [1.165, 1.54) is 0 Å². The van der Waals surface area contributed by atoms with Crippen LogP contribution in [0.15, 0.2) is 53.1 Å². The highest BCUT2D eigenvalue weighted by molar-refractivity contribution is 5.80. The number of hydrogen-bond donors (Lipinski definition) is 1. The number of aliphatic hydroxyl groups excluding tert-OH is 1. The smallest absolute Gasteiger partial charge is 0.226 e. The van der Waals surface area contributed by atoms with Gasteiger partial charge in [0.15, 0.2) is 0 Å². The number of carbonyl (C=O) groups is 1. The summed E-state index contributed by atoms with van der Waals surface area (Å²) in [6.45, 7) is 0.346. The normalized spacial score (nSPS) is 20.8. The van der Waals surface area contributed by atoms with Gasteiger partial charge < -0.3 is 14.4 Å². The monoisotopic (exact) mass is 257 g/mol. The lowest BCUT2D eigenvalue weighted by Crippen LogP contribution is -2.31. The molecule has 4 heteroatoms. The molecule has 1 aliphatic rings. The van der Waals surface area contributed by atoms with Gasteiger partial charge in [-0.2, -0.15) is 0 Å². The van der Waals surface area contributed by atoms with Crippen LogP contribution in [-0.2, 0) is 4.79 Å². The van der Waals surface area contributed by atoms with E-state index in [9.17, 15) is 9.90 Å². The lowest BCUT2D eigenvalue weighted by Gasteiger charge is -2.26. The van der Waals surface area contributed by atoms with Gasteiger partial charge in [0.2, 0.25) is 5.91 Å². The number of furan rings is 1. The molecular weight excluding hydrogens is 242 g/mol. The van der Waals surface area contributed by atoms with E-state index in [2.05, 4.69) is 0 Å². The number of likely N-dealkylation sites (tertiary alicyclic amines) is 1. The predicted molar refractivity (Wildman–Crippen MR) is 69.3 cm³/mol. The summed E-state index contributed by atoms with van der Waals surface area (Å²) in [7, 11) is 0. The summed E-state index contributed by atoms with van der Waals surface area (Å²) in [4.78, 5) is 13.7. The molecule has 4 nitrogen and oxygen atoms in total. The van der Waals surface area contributed by atoms with Gasteiger partial charge in [0.1, 0.15) is 11.8 Å². The lowest BCUT2D eigenvalue weighted by atomic mass is 10.0. The standard InChI is InChI=1S/C15H15NO3/c17-12-9-14(18)16(10-12)15(13-7-4-8-19-13)11-5-2-1-3-6-11/h1-8,12,15,17H,9-10H2. The Morgan fingerprint density at radius 3 is 2.58 bits per heavy atom. The number of carbonyl (C=O) groups excluding carboxylic acids is 1. The van der Waals surface area contributed by atoms with Crippen LogP contribution in [0.4, 0.5) is 0 Å². The third-order valence-corrected chi connectivity index (χ3v) is 3.38. The summed E-state index contributed by atoms with van der Waals surface area (Å²) >= 11 is 0. The van der Waals surface area contributed by atoms with Gasteiger partial charge in [-0.15, -0.1) is 0 Å². The van der Waals surface area contributed by atoms with Crippen LogP contribution in [-0.4, -0.2) is 28.6 Å². The van der Waals surface area contributed by atoms with Gasteiger partial charge in [-0.25, -0.2) is 0 Å². The zero-order valence-electron chi connectivity index (χ0n) is 10.4. The van der Waals surface area contributed by atoms with E-state index < -0.39 is 6.10 Å². The summed E-state index contributed by atoms with van der Waals surface area (Å²) in [5, 5.41) is 9.67. The highest BCUT2D eigenvalue weighted by Crippen LogP contribution is 2.32. The fourth-order valence-electron chi connectivity index (χ4n) is 2.54. The highest BCUT2D eigenvalue weighted by atomic mass is 16.3. The number of β-amino-alcohol motifs (C(OH)–C–C–N with tert-alkyl or cyclic N) is 1. The maximum Gasteiger partial charge on any atom is 0.226 e. The zero-order chi connectivity index (χ0) is 13.2. The number of hydrogen-bond acceptors (Lipinski definition) is 3. The molecule has 1 amide bonds. The average Bonchev–Trinajstić information content (AvgIpc) is 3.03. The first-order valence-corrected chi connectivity index (χ1v) is 6.31. The summed E-state index contributed by atoms with van der Waals surface area (Å²) in [5.41, 5.74) is 0.986. The molecule has 2 heterocycles. The molecule has 0 radical (unpaired) electrons. The van der Waals surface area contributed by atoms with Crippen molar-refractivity contribution in [2.45, 2.75) is 18.6 Å². The number of amides is 1. The maximum atomic E-state index is 12.0. The van der Waals surface area contributed by atoms with Crippen molar-refractivity contribution in [2.24, 2.45) is 0 Å². The van der Waals surface area contributed by atoms with Crippen LogP contribution in [0.5, 0.6) is 0 Å². The molecule has 1 aromatic carbocycles. The van der Waals surface area contributed by atoms with Gasteiger partial charge in [-0.3, -0.25) is 4.79 Å². The zero-order valence-corrected chi connectivity index (χ0v) is 10.4. The molecule has 1 N–H and O–H groups in total. The van der Waals surface area contributed by atoms with Crippen molar-refractivity contribution in [3.63, 3.8) is 0 Å². The van der Waals surface area contributed by atoms with Crippen LogP contribution in [0.1, 0.15) is 23.8 Å². The molecule has 0 saturated carbocycles. The molecule has 3 rings (SSSR count). The van der Waals surface area contributed by atoms with E-state index in [0.717, 1.165) is 5.56 Å². The maximum absolute atomic E-state index is 12.0. The first-order valence-electron chi connectivity index (χ1n) is 6.31. The van der Waals surface area contributed by atoms with Crippen molar-refractivity contribution >= 4 is 5.91 Å². The Kier molecular flexibility index (Phi) is 3.09. The van der Waals surface area contributed by atoms with Crippen molar-refractivity contribution in [2.75, 3.05) is 6.54 Å². The summed E-state index contributed by atoms with van der Waals surface area (Å²) < 4.78 is 5.47. The molecule has 0 aliphatic carbocycles. The molecule has 2 aromatic rings. The van der Waals surface area contributed by atoms with E-state index in [1.54, 1.807) is 11.2 Å². The predicted octanol–water partition coefficient (Wildman–Crippen LogP) is 1.96. The Hall–Kier alpha value is -2.07. The fraction of sp³-hybridized carbons (Fsp3) is 0.267. The van der Waals surface area contributed by atoms with Crippen molar-refractivity contribution < 1.29 is 14.3 Å². The topological polar surface area (TPSA) is 53.7 Å². The Morgan fingerprint density at radius 2 is 2.00 bits per heavy atom. The van der Waals surface area contributed by atoms with Gasteiger partial charge in [0.25, 0.3) is 0 Å². The Balaban J connectivity index is 2.00.